The molecule has 0 aliphatic carbocycles. The number of hydrogen-bond acceptors (Lipinski definition) is 3. The van der Waals surface area contributed by atoms with Gasteiger partial charge in [-0.2, -0.15) is 0 Å². The molecule has 0 spiro atoms. The van der Waals surface area contributed by atoms with Crippen molar-refractivity contribution in [1.29, 1.82) is 0 Å². The van der Waals surface area contributed by atoms with Crippen LogP contribution in [0.5, 0.6) is 0 Å². The van der Waals surface area contributed by atoms with Crippen LogP contribution in [0.1, 0.15) is 23.7 Å². The van der Waals surface area contributed by atoms with Gasteiger partial charge in [-0.3, -0.25) is 4.79 Å². The van der Waals surface area contributed by atoms with E-state index >= 15 is 0 Å². The van der Waals surface area contributed by atoms with Crippen LogP contribution < -0.4 is 0 Å². The number of halogens is 1. The largest absolute Gasteiger partial charge is 0.393 e. The van der Waals surface area contributed by atoms with Gasteiger partial charge in [-0.15, -0.1) is 0 Å². The molecule has 1 unspecified atom stereocenters. The summed E-state index contributed by atoms with van der Waals surface area (Å²) in [5.74, 6) is -0.120. The van der Waals surface area contributed by atoms with Crippen molar-refractivity contribution in [3.63, 3.8) is 0 Å². The molecule has 88 valence electrons. The Morgan fingerprint density at radius 1 is 1.69 bits per heavy atom. The van der Waals surface area contributed by atoms with Crippen LogP contribution >= 0.6 is 11.6 Å². The van der Waals surface area contributed by atoms with E-state index in [1.54, 1.807) is 24.9 Å². The first-order valence-corrected chi connectivity index (χ1v) is 5.43. The van der Waals surface area contributed by atoms with E-state index in [4.69, 9.17) is 16.7 Å². The highest BCUT2D eigenvalue weighted by atomic mass is 35.5. The zero-order chi connectivity index (χ0) is 12.1. The van der Waals surface area contributed by atoms with Crippen LogP contribution in [0.25, 0.3) is 0 Å². The Morgan fingerprint density at radius 3 is 2.94 bits per heavy atom. The number of carbonyl (C=O) groups is 1. The maximum atomic E-state index is 11.9. The second-order valence-corrected chi connectivity index (χ2v) is 4.12. The Labute approximate surface area is 99.9 Å². The number of amides is 1. The lowest BCUT2D eigenvalue weighted by Crippen LogP contribution is -2.29. The van der Waals surface area contributed by atoms with Crippen molar-refractivity contribution in [2.24, 2.45) is 0 Å². The fourth-order valence-corrected chi connectivity index (χ4v) is 1.41. The monoisotopic (exact) mass is 242 g/mol. The Morgan fingerprint density at radius 2 is 2.38 bits per heavy atom. The molecule has 0 radical (unpaired) electrons. The molecule has 0 bridgehead atoms. The SMILES string of the molecule is CC(O)CCN(C)C(=O)c1ccnc(Cl)c1. The summed E-state index contributed by atoms with van der Waals surface area (Å²) in [4.78, 5) is 17.2. The highest BCUT2D eigenvalue weighted by Gasteiger charge is 2.12. The summed E-state index contributed by atoms with van der Waals surface area (Å²) >= 11 is 5.70. The number of aromatic nitrogens is 1. The minimum Gasteiger partial charge on any atom is -0.393 e. The van der Waals surface area contributed by atoms with Gasteiger partial charge in [-0.05, 0) is 25.5 Å². The summed E-state index contributed by atoms with van der Waals surface area (Å²) in [5, 5.41) is 9.43. The third kappa shape index (κ3) is 3.79. The number of hydrogen-bond donors (Lipinski definition) is 1. The number of carbonyl (C=O) groups excluding carboxylic acids is 1. The van der Waals surface area contributed by atoms with Crippen molar-refractivity contribution in [2.45, 2.75) is 19.4 Å². The number of nitrogens with zero attached hydrogens (tertiary/aromatic N) is 2. The molecule has 0 saturated carbocycles. The van der Waals surface area contributed by atoms with Crippen molar-refractivity contribution in [3.8, 4) is 0 Å². The third-order valence-electron chi connectivity index (χ3n) is 2.20. The molecule has 0 aliphatic rings. The zero-order valence-electron chi connectivity index (χ0n) is 9.35. The average molecular weight is 243 g/mol. The third-order valence-corrected chi connectivity index (χ3v) is 2.41. The smallest absolute Gasteiger partial charge is 0.253 e. The number of aliphatic hydroxyl groups excluding tert-OH is 1. The maximum absolute atomic E-state index is 11.9. The van der Waals surface area contributed by atoms with Gasteiger partial charge in [0.05, 0.1) is 6.10 Å². The van der Waals surface area contributed by atoms with Gasteiger partial charge >= 0.3 is 0 Å². The van der Waals surface area contributed by atoms with Crippen molar-refractivity contribution in [2.75, 3.05) is 13.6 Å². The second kappa shape index (κ2) is 5.82. The van der Waals surface area contributed by atoms with E-state index in [0.717, 1.165) is 0 Å². The summed E-state index contributed by atoms with van der Waals surface area (Å²) < 4.78 is 0. The molecule has 1 aromatic heterocycles. The number of pyridine rings is 1. The molecule has 1 atom stereocenters. The normalized spacial score (nSPS) is 12.2. The number of rotatable bonds is 4. The van der Waals surface area contributed by atoms with Crippen molar-refractivity contribution in [3.05, 3.63) is 29.0 Å². The predicted molar refractivity (Wildman–Crippen MR) is 62.5 cm³/mol. The van der Waals surface area contributed by atoms with Gasteiger partial charge in [0, 0.05) is 25.4 Å². The molecule has 0 aliphatic heterocycles. The van der Waals surface area contributed by atoms with E-state index in [9.17, 15) is 4.79 Å². The van der Waals surface area contributed by atoms with E-state index in [1.807, 2.05) is 0 Å². The standard InChI is InChI=1S/C11H15ClN2O2/c1-8(15)4-6-14(2)11(16)9-3-5-13-10(12)7-9/h3,5,7-8,15H,4,6H2,1-2H3. The van der Waals surface area contributed by atoms with Crippen LogP contribution in [0, 0.1) is 0 Å². The lowest BCUT2D eigenvalue weighted by molar-refractivity contribution is 0.0769. The topological polar surface area (TPSA) is 53.4 Å². The Kier molecular flexibility index (Phi) is 4.71. The van der Waals surface area contributed by atoms with Crippen LogP contribution in [-0.4, -0.2) is 40.6 Å². The molecule has 0 saturated heterocycles. The molecule has 1 amide bonds. The molecule has 4 nitrogen and oxygen atoms in total. The molecule has 1 rings (SSSR count). The van der Waals surface area contributed by atoms with Crippen molar-refractivity contribution < 1.29 is 9.90 Å². The summed E-state index contributed by atoms with van der Waals surface area (Å²) in [6.45, 7) is 2.21. The molecule has 1 N–H and O–H groups in total. The summed E-state index contributed by atoms with van der Waals surface area (Å²) in [6, 6.07) is 3.15. The van der Waals surface area contributed by atoms with E-state index in [2.05, 4.69) is 4.98 Å². The molecule has 1 heterocycles. The molecule has 0 aromatic carbocycles. The van der Waals surface area contributed by atoms with Gasteiger partial charge in [-0.25, -0.2) is 4.98 Å². The highest BCUT2D eigenvalue weighted by molar-refractivity contribution is 6.29. The van der Waals surface area contributed by atoms with Gasteiger partial charge < -0.3 is 10.0 Å². The van der Waals surface area contributed by atoms with E-state index in [1.165, 1.54) is 12.3 Å². The van der Waals surface area contributed by atoms with Crippen LogP contribution in [-0.2, 0) is 0 Å². The molecular weight excluding hydrogens is 228 g/mol. The molecule has 1 aromatic rings. The Bertz CT molecular complexity index is 369. The first-order chi connectivity index (χ1) is 7.50. The highest BCUT2D eigenvalue weighted by Crippen LogP contribution is 2.09. The van der Waals surface area contributed by atoms with Crippen LogP contribution in [0.2, 0.25) is 5.15 Å². The average Bonchev–Trinajstić information content (AvgIpc) is 2.24. The number of aliphatic hydroxyl groups is 1. The minimum absolute atomic E-state index is 0.120. The molecule has 0 fully saturated rings. The van der Waals surface area contributed by atoms with Gasteiger partial charge in [0.1, 0.15) is 5.15 Å². The summed E-state index contributed by atoms with van der Waals surface area (Å²) in [6.07, 6.45) is 1.65. The lowest BCUT2D eigenvalue weighted by Gasteiger charge is -2.17. The van der Waals surface area contributed by atoms with Gasteiger partial charge in [-0.1, -0.05) is 11.6 Å². The van der Waals surface area contributed by atoms with Crippen molar-refractivity contribution in [1.82, 2.24) is 9.88 Å². The minimum atomic E-state index is -0.406. The van der Waals surface area contributed by atoms with E-state index in [0.29, 0.717) is 23.7 Å². The van der Waals surface area contributed by atoms with Crippen molar-refractivity contribution >= 4 is 17.5 Å². The van der Waals surface area contributed by atoms with Gasteiger partial charge in [0.2, 0.25) is 0 Å². The quantitative estimate of drug-likeness (QED) is 0.816. The molecular formula is C11H15ClN2O2. The fraction of sp³-hybridized carbons (Fsp3) is 0.455. The Hall–Kier alpha value is -1.13. The zero-order valence-corrected chi connectivity index (χ0v) is 10.1. The van der Waals surface area contributed by atoms with Crippen LogP contribution in [0.15, 0.2) is 18.3 Å². The maximum Gasteiger partial charge on any atom is 0.253 e. The van der Waals surface area contributed by atoms with Crippen LogP contribution in [0.3, 0.4) is 0 Å². The Balaban J connectivity index is 2.63. The summed E-state index contributed by atoms with van der Waals surface area (Å²) in [5.41, 5.74) is 0.507. The first-order valence-electron chi connectivity index (χ1n) is 5.06. The molecule has 16 heavy (non-hydrogen) atoms. The predicted octanol–water partition coefficient (Wildman–Crippen LogP) is 1.58. The lowest BCUT2D eigenvalue weighted by atomic mass is 10.2. The fourth-order valence-electron chi connectivity index (χ4n) is 1.24. The van der Waals surface area contributed by atoms with E-state index < -0.39 is 6.10 Å². The first kappa shape index (κ1) is 12.9. The van der Waals surface area contributed by atoms with Gasteiger partial charge in [0.15, 0.2) is 0 Å². The summed E-state index contributed by atoms with van der Waals surface area (Å²) in [7, 11) is 1.69. The van der Waals surface area contributed by atoms with Gasteiger partial charge in [0.25, 0.3) is 5.91 Å². The molecule has 5 heteroatoms. The van der Waals surface area contributed by atoms with E-state index in [-0.39, 0.29) is 5.91 Å². The van der Waals surface area contributed by atoms with Crippen LogP contribution in [0.4, 0.5) is 0 Å². The second-order valence-electron chi connectivity index (χ2n) is 3.73.